The molecule has 0 heterocycles. The van der Waals surface area contributed by atoms with E-state index in [2.05, 4.69) is 40.4 Å². The maximum atomic E-state index is 10.7. The van der Waals surface area contributed by atoms with Gasteiger partial charge in [0.15, 0.2) is 0 Å². The zero-order valence-corrected chi connectivity index (χ0v) is 8.57. The number of carbonyl (C=O) groups is 1. The Bertz CT molecular complexity index is 117. The van der Waals surface area contributed by atoms with E-state index < -0.39 is 0 Å². The average Bonchev–Trinajstić information content (AvgIpc) is 1.97. The standard InChI is InChI=1S/C7H15BrN2O/c1-6(2)4-9-5-10-7(11)3-8/h6,9H,3-5H2,1-2H3,(H,10,11). The van der Waals surface area contributed by atoms with Crippen LogP contribution in [0.4, 0.5) is 0 Å². The fourth-order valence-electron chi connectivity index (χ4n) is 0.569. The van der Waals surface area contributed by atoms with Crippen LogP contribution in [0.3, 0.4) is 0 Å². The Kier molecular flexibility index (Phi) is 6.56. The number of halogens is 1. The first-order valence-corrected chi connectivity index (χ1v) is 4.82. The van der Waals surface area contributed by atoms with Gasteiger partial charge < -0.3 is 5.32 Å². The van der Waals surface area contributed by atoms with Crippen molar-refractivity contribution < 1.29 is 4.79 Å². The Balaban J connectivity index is 3.08. The first kappa shape index (κ1) is 10.9. The number of hydrogen-bond acceptors (Lipinski definition) is 2. The van der Waals surface area contributed by atoms with Crippen LogP contribution in [0, 0.1) is 5.92 Å². The van der Waals surface area contributed by atoms with Gasteiger partial charge in [-0.05, 0) is 12.5 Å². The molecule has 0 aromatic rings. The summed E-state index contributed by atoms with van der Waals surface area (Å²) in [6, 6.07) is 0. The number of amides is 1. The number of carbonyl (C=O) groups excluding carboxylic acids is 1. The quantitative estimate of drug-likeness (QED) is 0.409. The molecule has 0 aliphatic rings. The summed E-state index contributed by atoms with van der Waals surface area (Å²) in [6.45, 7) is 5.74. The molecule has 0 bridgehead atoms. The summed E-state index contributed by atoms with van der Waals surface area (Å²) in [7, 11) is 0. The molecule has 2 N–H and O–H groups in total. The molecule has 0 unspecified atom stereocenters. The second kappa shape index (κ2) is 6.61. The molecule has 4 heteroatoms. The Hall–Kier alpha value is -0.0900. The summed E-state index contributed by atoms with van der Waals surface area (Å²) >= 11 is 3.06. The second-order valence-corrected chi connectivity index (χ2v) is 3.32. The summed E-state index contributed by atoms with van der Waals surface area (Å²) < 4.78 is 0. The summed E-state index contributed by atoms with van der Waals surface area (Å²) in [4.78, 5) is 10.7. The maximum Gasteiger partial charge on any atom is 0.231 e. The normalized spacial score (nSPS) is 10.2. The third-order valence-corrected chi connectivity index (χ3v) is 1.59. The van der Waals surface area contributed by atoms with Gasteiger partial charge in [-0.15, -0.1) is 0 Å². The summed E-state index contributed by atoms with van der Waals surface area (Å²) in [5.74, 6) is 0.636. The minimum Gasteiger partial charge on any atom is -0.343 e. The van der Waals surface area contributed by atoms with Crippen LogP contribution in [0.25, 0.3) is 0 Å². The molecule has 1 amide bonds. The summed E-state index contributed by atoms with van der Waals surface area (Å²) in [5.41, 5.74) is 0. The van der Waals surface area contributed by atoms with Gasteiger partial charge in [-0.1, -0.05) is 29.8 Å². The first-order valence-electron chi connectivity index (χ1n) is 3.70. The van der Waals surface area contributed by atoms with Crippen molar-refractivity contribution in [1.29, 1.82) is 0 Å². The highest BCUT2D eigenvalue weighted by atomic mass is 79.9. The lowest BCUT2D eigenvalue weighted by Crippen LogP contribution is -2.35. The third kappa shape index (κ3) is 7.81. The topological polar surface area (TPSA) is 41.1 Å². The third-order valence-electron chi connectivity index (χ3n) is 1.08. The molecule has 0 atom stereocenters. The number of nitrogens with one attached hydrogen (secondary N) is 2. The Morgan fingerprint density at radius 1 is 1.55 bits per heavy atom. The molecule has 66 valence electrons. The van der Waals surface area contributed by atoms with Gasteiger partial charge in [-0.3, -0.25) is 10.1 Å². The molecule has 0 aliphatic heterocycles. The smallest absolute Gasteiger partial charge is 0.231 e. The van der Waals surface area contributed by atoms with Crippen molar-refractivity contribution in [2.24, 2.45) is 5.92 Å². The molecule has 0 fully saturated rings. The molecule has 0 radical (unpaired) electrons. The van der Waals surface area contributed by atoms with Gasteiger partial charge in [0.2, 0.25) is 5.91 Å². The highest BCUT2D eigenvalue weighted by Crippen LogP contribution is 1.85. The van der Waals surface area contributed by atoms with Crippen LogP contribution in [-0.4, -0.2) is 24.5 Å². The van der Waals surface area contributed by atoms with Crippen molar-refractivity contribution in [3.8, 4) is 0 Å². The Morgan fingerprint density at radius 3 is 2.64 bits per heavy atom. The van der Waals surface area contributed by atoms with Gasteiger partial charge >= 0.3 is 0 Å². The lowest BCUT2D eigenvalue weighted by atomic mass is 10.2. The van der Waals surface area contributed by atoms with E-state index in [1.807, 2.05) is 0 Å². The lowest BCUT2D eigenvalue weighted by Gasteiger charge is -2.07. The Labute approximate surface area is 76.1 Å². The largest absolute Gasteiger partial charge is 0.343 e. The molecule has 0 aliphatic carbocycles. The van der Waals surface area contributed by atoms with E-state index in [1.165, 1.54) is 0 Å². The van der Waals surface area contributed by atoms with E-state index >= 15 is 0 Å². The van der Waals surface area contributed by atoms with Crippen LogP contribution in [0.15, 0.2) is 0 Å². The number of hydrogen-bond donors (Lipinski definition) is 2. The minimum absolute atomic E-state index is 0.0151. The van der Waals surface area contributed by atoms with Gasteiger partial charge in [-0.2, -0.15) is 0 Å². The van der Waals surface area contributed by atoms with E-state index in [9.17, 15) is 4.79 Å². The molecule has 0 aromatic carbocycles. The second-order valence-electron chi connectivity index (χ2n) is 2.76. The van der Waals surface area contributed by atoms with Crippen molar-refractivity contribution in [2.75, 3.05) is 18.5 Å². The first-order chi connectivity index (χ1) is 5.16. The fraction of sp³-hybridized carbons (Fsp3) is 0.857. The van der Waals surface area contributed by atoms with Crippen molar-refractivity contribution in [1.82, 2.24) is 10.6 Å². The number of rotatable bonds is 5. The predicted molar refractivity (Wildman–Crippen MR) is 49.6 cm³/mol. The summed E-state index contributed by atoms with van der Waals surface area (Å²) in [5, 5.41) is 6.16. The Morgan fingerprint density at radius 2 is 2.18 bits per heavy atom. The van der Waals surface area contributed by atoms with E-state index in [1.54, 1.807) is 0 Å². The molecule has 11 heavy (non-hydrogen) atoms. The molecule has 0 rings (SSSR count). The average molecular weight is 223 g/mol. The maximum absolute atomic E-state index is 10.7. The molecule has 0 saturated heterocycles. The zero-order chi connectivity index (χ0) is 8.69. The van der Waals surface area contributed by atoms with Crippen LogP contribution in [0.2, 0.25) is 0 Å². The van der Waals surface area contributed by atoms with E-state index in [-0.39, 0.29) is 5.91 Å². The van der Waals surface area contributed by atoms with Gasteiger partial charge in [0.25, 0.3) is 0 Å². The van der Waals surface area contributed by atoms with Gasteiger partial charge in [0, 0.05) is 0 Å². The highest BCUT2D eigenvalue weighted by Gasteiger charge is 1.95. The number of alkyl halides is 1. The predicted octanol–water partition coefficient (Wildman–Crippen LogP) is 0.701. The monoisotopic (exact) mass is 222 g/mol. The SMILES string of the molecule is CC(C)CNCNC(=O)CBr. The molecule has 0 aromatic heterocycles. The molecule has 0 spiro atoms. The highest BCUT2D eigenvalue weighted by molar-refractivity contribution is 9.09. The molecular formula is C7H15BrN2O. The zero-order valence-electron chi connectivity index (χ0n) is 6.98. The van der Waals surface area contributed by atoms with Gasteiger partial charge in [-0.25, -0.2) is 0 Å². The summed E-state index contributed by atoms with van der Waals surface area (Å²) in [6.07, 6.45) is 0. The van der Waals surface area contributed by atoms with E-state index in [0.29, 0.717) is 17.9 Å². The van der Waals surface area contributed by atoms with Crippen molar-refractivity contribution in [3.05, 3.63) is 0 Å². The molecule has 3 nitrogen and oxygen atoms in total. The van der Waals surface area contributed by atoms with Gasteiger partial charge in [0.1, 0.15) is 0 Å². The van der Waals surface area contributed by atoms with E-state index in [0.717, 1.165) is 6.54 Å². The van der Waals surface area contributed by atoms with Crippen molar-refractivity contribution in [3.63, 3.8) is 0 Å². The lowest BCUT2D eigenvalue weighted by molar-refractivity contribution is -0.118. The minimum atomic E-state index is 0.0151. The van der Waals surface area contributed by atoms with Crippen molar-refractivity contribution in [2.45, 2.75) is 13.8 Å². The van der Waals surface area contributed by atoms with Crippen molar-refractivity contribution >= 4 is 21.8 Å². The van der Waals surface area contributed by atoms with Crippen LogP contribution < -0.4 is 10.6 Å². The van der Waals surface area contributed by atoms with Crippen LogP contribution in [0.5, 0.6) is 0 Å². The van der Waals surface area contributed by atoms with E-state index in [4.69, 9.17) is 0 Å². The molecule has 0 saturated carbocycles. The van der Waals surface area contributed by atoms with Crippen LogP contribution in [0.1, 0.15) is 13.8 Å². The van der Waals surface area contributed by atoms with Crippen LogP contribution >= 0.6 is 15.9 Å². The van der Waals surface area contributed by atoms with Crippen LogP contribution in [-0.2, 0) is 4.79 Å². The fourth-order valence-corrected chi connectivity index (χ4v) is 0.767. The van der Waals surface area contributed by atoms with Gasteiger partial charge in [0.05, 0.1) is 12.0 Å². The molecular weight excluding hydrogens is 208 g/mol.